The Morgan fingerprint density at radius 1 is 1.17 bits per heavy atom. The monoisotopic (exact) mass is 327 g/mol. The van der Waals surface area contributed by atoms with Gasteiger partial charge in [0.05, 0.1) is 25.0 Å². The lowest BCUT2D eigenvalue weighted by molar-refractivity contribution is -0.143. The van der Waals surface area contributed by atoms with Gasteiger partial charge in [-0.2, -0.15) is 5.26 Å². The van der Waals surface area contributed by atoms with Crippen LogP contribution in [0.25, 0.3) is 0 Å². The molecule has 0 aliphatic rings. The number of ether oxygens (including phenoxy) is 1. The standard InChI is InChI=1S/C19H18ClNO2/c1-2-23-19(22)12-17(15-9-6-10-16(20)11-15)18(13-21)14-7-4-3-5-8-14/h3-11,17-18H,2,12H2,1H3. The average Bonchev–Trinajstić information content (AvgIpc) is 2.56. The molecule has 23 heavy (non-hydrogen) atoms. The van der Waals surface area contributed by atoms with Gasteiger partial charge in [0.1, 0.15) is 0 Å². The van der Waals surface area contributed by atoms with E-state index in [4.69, 9.17) is 16.3 Å². The van der Waals surface area contributed by atoms with E-state index in [-0.39, 0.29) is 18.3 Å². The van der Waals surface area contributed by atoms with Crippen molar-refractivity contribution >= 4 is 17.6 Å². The molecule has 4 heteroatoms. The first kappa shape index (κ1) is 17.1. The highest BCUT2D eigenvalue weighted by Gasteiger charge is 2.28. The molecule has 0 aromatic heterocycles. The number of carbonyl (C=O) groups excluding carboxylic acids is 1. The summed E-state index contributed by atoms with van der Waals surface area (Å²) in [5, 5.41) is 10.3. The van der Waals surface area contributed by atoms with E-state index in [1.54, 1.807) is 19.1 Å². The molecule has 118 valence electrons. The van der Waals surface area contributed by atoms with Gasteiger partial charge in [-0.15, -0.1) is 0 Å². The lowest BCUT2D eigenvalue weighted by Gasteiger charge is -2.22. The molecule has 2 unspecified atom stereocenters. The van der Waals surface area contributed by atoms with E-state index in [1.807, 2.05) is 42.5 Å². The van der Waals surface area contributed by atoms with E-state index in [2.05, 4.69) is 6.07 Å². The summed E-state index contributed by atoms with van der Waals surface area (Å²) in [6.45, 7) is 2.09. The fourth-order valence-corrected chi connectivity index (χ4v) is 2.82. The van der Waals surface area contributed by atoms with E-state index >= 15 is 0 Å². The van der Waals surface area contributed by atoms with Crippen molar-refractivity contribution in [1.29, 1.82) is 5.26 Å². The van der Waals surface area contributed by atoms with Crippen molar-refractivity contribution in [2.24, 2.45) is 0 Å². The summed E-state index contributed by atoms with van der Waals surface area (Å²) >= 11 is 6.08. The van der Waals surface area contributed by atoms with Gasteiger partial charge >= 0.3 is 5.97 Å². The van der Waals surface area contributed by atoms with E-state index in [1.165, 1.54) is 0 Å². The second-order valence-electron chi connectivity index (χ2n) is 5.19. The Morgan fingerprint density at radius 3 is 2.48 bits per heavy atom. The number of hydrogen-bond acceptors (Lipinski definition) is 3. The third-order valence-electron chi connectivity index (χ3n) is 3.67. The number of hydrogen-bond donors (Lipinski definition) is 0. The average molecular weight is 328 g/mol. The normalized spacial score (nSPS) is 12.9. The van der Waals surface area contributed by atoms with Gasteiger partial charge in [0.2, 0.25) is 0 Å². The lowest BCUT2D eigenvalue weighted by Crippen LogP contribution is -2.16. The first-order chi connectivity index (χ1) is 11.2. The fourth-order valence-electron chi connectivity index (χ4n) is 2.62. The lowest BCUT2D eigenvalue weighted by atomic mass is 9.80. The van der Waals surface area contributed by atoms with Crippen molar-refractivity contribution in [2.75, 3.05) is 6.61 Å². The molecule has 0 aliphatic carbocycles. The number of nitrogens with zero attached hydrogens (tertiary/aromatic N) is 1. The number of rotatable bonds is 6. The molecule has 0 saturated carbocycles. The van der Waals surface area contributed by atoms with Crippen molar-refractivity contribution in [2.45, 2.75) is 25.2 Å². The molecule has 3 nitrogen and oxygen atoms in total. The zero-order chi connectivity index (χ0) is 16.7. The molecule has 0 heterocycles. The molecule has 0 aliphatic heterocycles. The van der Waals surface area contributed by atoms with E-state index < -0.39 is 5.92 Å². The topological polar surface area (TPSA) is 50.1 Å². The Balaban J connectivity index is 2.39. The molecular formula is C19H18ClNO2. The number of benzene rings is 2. The Hall–Kier alpha value is -2.31. The minimum Gasteiger partial charge on any atom is -0.466 e. The Bertz CT molecular complexity index is 694. The minimum absolute atomic E-state index is 0.140. The maximum atomic E-state index is 12.0. The van der Waals surface area contributed by atoms with Gasteiger partial charge in [0.15, 0.2) is 0 Å². The molecule has 0 N–H and O–H groups in total. The molecule has 2 aromatic carbocycles. The van der Waals surface area contributed by atoms with Crippen LogP contribution in [0.5, 0.6) is 0 Å². The molecule has 0 radical (unpaired) electrons. The van der Waals surface area contributed by atoms with Crippen LogP contribution in [0.1, 0.15) is 36.3 Å². The molecular weight excluding hydrogens is 310 g/mol. The van der Waals surface area contributed by atoms with Gasteiger partial charge in [-0.1, -0.05) is 54.1 Å². The van der Waals surface area contributed by atoms with Gasteiger partial charge < -0.3 is 4.74 Å². The van der Waals surface area contributed by atoms with E-state index in [9.17, 15) is 10.1 Å². The van der Waals surface area contributed by atoms with Gasteiger partial charge in [0, 0.05) is 10.9 Å². The Morgan fingerprint density at radius 2 is 1.87 bits per heavy atom. The van der Waals surface area contributed by atoms with Gasteiger partial charge in [-0.3, -0.25) is 4.79 Å². The van der Waals surface area contributed by atoms with Crippen LogP contribution in [-0.4, -0.2) is 12.6 Å². The highest BCUT2D eigenvalue weighted by atomic mass is 35.5. The molecule has 0 bridgehead atoms. The summed E-state index contributed by atoms with van der Waals surface area (Å²) in [6, 6.07) is 19.1. The predicted octanol–water partition coefficient (Wildman–Crippen LogP) is 4.68. The third kappa shape index (κ3) is 4.58. The third-order valence-corrected chi connectivity index (χ3v) is 3.90. The van der Waals surface area contributed by atoms with Gasteiger partial charge in [0.25, 0.3) is 0 Å². The summed E-state index contributed by atoms with van der Waals surface area (Å²) in [5.41, 5.74) is 1.74. The zero-order valence-corrected chi connectivity index (χ0v) is 13.7. The number of halogens is 1. The van der Waals surface area contributed by atoms with Gasteiger partial charge in [-0.25, -0.2) is 0 Å². The van der Waals surface area contributed by atoms with E-state index in [0.29, 0.717) is 11.6 Å². The largest absolute Gasteiger partial charge is 0.466 e. The highest BCUT2D eigenvalue weighted by molar-refractivity contribution is 6.30. The summed E-state index contributed by atoms with van der Waals surface area (Å²) < 4.78 is 5.07. The van der Waals surface area contributed by atoms with Crippen molar-refractivity contribution in [3.05, 3.63) is 70.7 Å². The van der Waals surface area contributed by atoms with Crippen molar-refractivity contribution in [3.63, 3.8) is 0 Å². The number of nitriles is 1. The van der Waals surface area contributed by atoms with Gasteiger partial charge in [-0.05, 0) is 30.2 Å². The molecule has 0 amide bonds. The maximum absolute atomic E-state index is 12.0. The molecule has 2 atom stereocenters. The summed E-state index contributed by atoms with van der Waals surface area (Å²) in [4.78, 5) is 12.0. The Kier molecular flexibility index (Phi) is 6.19. The van der Waals surface area contributed by atoms with Crippen LogP contribution in [0, 0.1) is 11.3 Å². The molecule has 0 spiro atoms. The quantitative estimate of drug-likeness (QED) is 0.723. The van der Waals surface area contributed by atoms with Crippen molar-refractivity contribution < 1.29 is 9.53 Å². The Labute approximate surface area is 141 Å². The summed E-state index contributed by atoms with van der Waals surface area (Å²) in [5.74, 6) is -1.06. The van der Waals surface area contributed by atoms with Crippen molar-refractivity contribution in [3.8, 4) is 6.07 Å². The van der Waals surface area contributed by atoms with Crippen LogP contribution >= 0.6 is 11.6 Å². The number of esters is 1. The smallest absolute Gasteiger partial charge is 0.306 e. The predicted molar refractivity (Wildman–Crippen MR) is 90.2 cm³/mol. The molecule has 2 aromatic rings. The van der Waals surface area contributed by atoms with Crippen LogP contribution in [0.2, 0.25) is 5.02 Å². The summed E-state index contributed by atoms with van der Waals surface area (Å²) in [7, 11) is 0. The number of carbonyl (C=O) groups is 1. The second kappa shape index (κ2) is 8.36. The molecule has 0 saturated heterocycles. The van der Waals surface area contributed by atoms with Crippen molar-refractivity contribution in [1.82, 2.24) is 0 Å². The van der Waals surface area contributed by atoms with Crippen LogP contribution in [0.4, 0.5) is 0 Å². The molecule has 0 fully saturated rings. The van der Waals surface area contributed by atoms with E-state index in [0.717, 1.165) is 11.1 Å². The van der Waals surface area contributed by atoms with Crippen LogP contribution in [0.3, 0.4) is 0 Å². The van der Waals surface area contributed by atoms with Crippen LogP contribution < -0.4 is 0 Å². The minimum atomic E-state index is -0.445. The maximum Gasteiger partial charge on any atom is 0.306 e. The SMILES string of the molecule is CCOC(=O)CC(c1cccc(Cl)c1)C(C#N)c1ccccc1. The van der Waals surface area contributed by atoms with Crippen LogP contribution in [-0.2, 0) is 9.53 Å². The highest BCUT2D eigenvalue weighted by Crippen LogP contribution is 2.36. The van der Waals surface area contributed by atoms with Crippen LogP contribution in [0.15, 0.2) is 54.6 Å². The zero-order valence-electron chi connectivity index (χ0n) is 12.9. The first-order valence-corrected chi connectivity index (χ1v) is 7.89. The summed E-state index contributed by atoms with van der Waals surface area (Å²) in [6.07, 6.45) is 0.140. The first-order valence-electron chi connectivity index (χ1n) is 7.51. The molecule has 2 rings (SSSR count). The fraction of sp³-hybridized carbons (Fsp3) is 0.263. The second-order valence-corrected chi connectivity index (χ2v) is 5.62.